The highest BCUT2D eigenvalue weighted by Gasteiger charge is 2.22. The molecule has 0 saturated carbocycles. The quantitative estimate of drug-likeness (QED) is 0.421. The van der Waals surface area contributed by atoms with Crippen molar-refractivity contribution in [1.82, 2.24) is 14.3 Å². The van der Waals surface area contributed by atoms with Crippen LogP contribution in [0.2, 0.25) is 0 Å². The number of fused-ring (bicyclic) bond motifs is 3. The van der Waals surface area contributed by atoms with Gasteiger partial charge in [-0.05, 0) is 43.0 Å². The number of benzene rings is 1. The number of hydrogen-bond donors (Lipinski definition) is 0. The Morgan fingerprint density at radius 3 is 2.41 bits per heavy atom. The normalized spacial score (nSPS) is 12.6. The molecule has 0 unspecified atom stereocenters. The van der Waals surface area contributed by atoms with Crippen molar-refractivity contribution in [2.24, 2.45) is 0 Å². The Morgan fingerprint density at radius 1 is 0.931 bits per heavy atom. The summed E-state index contributed by atoms with van der Waals surface area (Å²) in [5, 5.41) is 4.61. The molecule has 0 saturated heterocycles. The van der Waals surface area contributed by atoms with Gasteiger partial charge in [-0.1, -0.05) is 65.2 Å². The molecule has 0 spiro atoms. The van der Waals surface area contributed by atoms with E-state index in [0.717, 1.165) is 62.5 Å². The summed E-state index contributed by atoms with van der Waals surface area (Å²) in [7, 11) is 0. The van der Waals surface area contributed by atoms with E-state index in [2.05, 4.69) is 25.0 Å². The van der Waals surface area contributed by atoms with Crippen molar-refractivity contribution in [3.05, 3.63) is 40.1 Å². The van der Waals surface area contributed by atoms with Crippen LogP contribution in [-0.2, 0) is 19.4 Å². The van der Waals surface area contributed by atoms with E-state index in [1.165, 1.54) is 50.5 Å². The number of rotatable bonds is 13. The predicted octanol–water partition coefficient (Wildman–Crippen LogP) is 5.45. The fraction of sp³-hybridized carbons (Fsp3) is 0.667. The molecule has 1 aromatic heterocycles. The first-order valence-corrected chi connectivity index (χ1v) is 11.7. The SMILES string of the molecule is CCCCCCCOc1ccc2c(c1)CCc1nn(CCCCCCC)c(=O)n1-2. The lowest BCUT2D eigenvalue weighted by molar-refractivity contribution is 0.304. The summed E-state index contributed by atoms with van der Waals surface area (Å²) in [6.45, 7) is 5.94. The van der Waals surface area contributed by atoms with E-state index >= 15 is 0 Å². The summed E-state index contributed by atoms with van der Waals surface area (Å²) in [4.78, 5) is 12.9. The van der Waals surface area contributed by atoms with Crippen molar-refractivity contribution in [3.8, 4) is 11.4 Å². The monoisotopic (exact) mass is 399 g/mol. The largest absolute Gasteiger partial charge is 0.494 e. The van der Waals surface area contributed by atoms with Crippen molar-refractivity contribution in [1.29, 1.82) is 0 Å². The van der Waals surface area contributed by atoms with Gasteiger partial charge in [-0.2, -0.15) is 5.10 Å². The van der Waals surface area contributed by atoms with E-state index < -0.39 is 0 Å². The highest BCUT2D eigenvalue weighted by atomic mass is 16.5. The Labute approximate surface area is 175 Å². The summed E-state index contributed by atoms with van der Waals surface area (Å²) < 4.78 is 9.42. The van der Waals surface area contributed by atoms with E-state index in [-0.39, 0.29) is 5.69 Å². The zero-order valence-electron chi connectivity index (χ0n) is 18.3. The molecule has 3 rings (SSSR count). The van der Waals surface area contributed by atoms with Gasteiger partial charge in [0.1, 0.15) is 11.6 Å². The molecule has 0 fully saturated rings. The van der Waals surface area contributed by atoms with E-state index in [1.807, 2.05) is 12.1 Å². The minimum absolute atomic E-state index is 0.000957. The van der Waals surface area contributed by atoms with Gasteiger partial charge in [0, 0.05) is 13.0 Å². The lowest BCUT2D eigenvalue weighted by atomic mass is 10.0. The van der Waals surface area contributed by atoms with Gasteiger partial charge in [-0.25, -0.2) is 14.0 Å². The second kappa shape index (κ2) is 11.2. The molecule has 5 nitrogen and oxygen atoms in total. The topological polar surface area (TPSA) is 49.1 Å². The van der Waals surface area contributed by atoms with Gasteiger partial charge in [-0.15, -0.1) is 0 Å². The van der Waals surface area contributed by atoms with E-state index in [4.69, 9.17) is 4.74 Å². The molecule has 1 aliphatic heterocycles. The molecule has 0 amide bonds. The lowest BCUT2D eigenvalue weighted by Gasteiger charge is -2.18. The number of nitrogens with zero attached hydrogens (tertiary/aromatic N) is 3. The summed E-state index contributed by atoms with van der Waals surface area (Å²) in [6, 6.07) is 6.13. The molecule has 0 N–H and O–H groups in total. The van der Waals surface area contributed by atoms with Crippen LogP contribution in [0.1, 0.15) is 89.4 Å². The molecular formula is C24H37N3O2. The highest BCUT2D eigenvalue weighted by molar-refractivity contribution is 5.48. The third-order valence-corrected chi connectivity index (χ3v) is 5.81. The van der Waals surface area contributed by atoms with E-state index in [1.54, 1.807) is 9.25 Å². The third kappa shape index (κ3) is 5.74. The van der Waals surface area contributed by atoms with Crippen LogP contribution in [0.4, 0.5) is 0 Å². The first-order chi connectivity index (χ1) is 14.2. The van der Waals surface area contributed by atoms with Crippen molar-refractivity contribution in [2.75, 3.05) is 6.61 Å². The summed E-state index contributed by atoms with van der Waals surface area (Å²) >= 11 is 0. The van der Waals surface area contributed by atoms with Crippen LogP contribution >= 0.6 is 0 Å². The smallest absolute Gasteiger partial charge is 0.350 e. The van der Waals surface area contributed by atoms with Crippen molar-refractivity contribution >= 4 is 0 Å². The fourth-order valence-corrected chi connectivity index (χ4v) is 4.08. The number of aryl methyl sites for hydroxylation is 3. The predicted molar refractivity (Wildman–Crippen MR) is 118 cm³/mol. The minimum atomic E-state index is 0.000957. The first kappa shape index (κ1) is 21.7. The molecule has 5 heteroatoms. The highest BCUT2D eigenvalue weighted by Crippen LogP contribution is 2.26. The summed E-state index contributed by atoms with van der Waals surface area (Å²) in [6.07, 6.45) is 13.9. The molecule has 0 atom stereocenters. The number of aromatic nitrogens is 3. The molecule has 1 aromatic carbocycles. The van der Waals surface area contributed by atoms with Gasteiger partial charge in [0.25, 0.3) is 0 Å². The summed E-state index contributed by atoms with van der Waals surface area (Å²) in [5.74, 6) is 1.81. The van der Waals surface area contributed by atoms with Crippen LogP contribution in [0.25, 0.3) is 5.69 Å². The zero-order chi connectivity index (χ0) is 20.5. The van der Waals surface area contributed by atoms with Gasteiger partial charge < -0.3 is 4.74 Å². The number of ether oxygens (including phenoxy) is 1. The molecule has 0 radical (unpaired) electrons. The second-order valence-corrected chi connectivity index (χ2v) is 8.22. The molecule has 2 aromatic rings. The third-order valence-electron chi connectivity index (χ3n) is 5.81. The van der Waals surface area contributed by atoms with Crippen LogP contribution in [0.3, 0.4) is 0 Å². The van der Waals surface area contributed by atoms with Crippen LogP contribution in [0.15, 0.2) is 23.0 Å². The molecule has 0 aliphatic carbocycles. The Balaban J connectivity index is 1.61. The van der Waals surface area contributed by atoms with E-state index in [0.29, 0.717) is 0 Å². The van der Waals surface area contributed by atoms with Crippen LogP contribution in [-0.4, -0.2) is 21.0 Å². The van der Waals surface area contributed by atoms with E-state index in [9.17, 15) is 4.79 Å². The Hall–Kier alpha value is -2.04. The molecule has 160 valence electrons. The summed E-state index contributed by atoms with van der Waals surface area (Å²) in [5.41, 5.74) is 2.16. The average Bonchev–Trinajstić information content (AvgIpc) is 3.06. The maximum absolute atomic E-state index is 12.9. The maximum atomic E-state index is 12.9. The maximum Gasteiger partial charge on any atom is 0.350 e. The Morgan fingerprint density at radius 2 is 1.66 bits per heavy atom. The van der Waals surface area contributed by atoms with Crippen molar-refractivity contribution < 1.29 is 4.74 Å². The lowest BCUT2D eigenvalue weighted by Crippen LogP contribution is -2.26. The van der Waals surface area contributed by atoms with Gasteiger partial charge >= 0.3 is 5.69 Å². The standard InChI is InChI=1S/C24H37N3O2/c1-3-5-7-9-11-17-26-24(28)27-22-15-14-21(29-18-12-10-8-6-4-2)19-20(22)13-16-23(27)25-26/h14-15,19H,3-13,16-18H2,1-2H3. The fourth-order valence-electron chi connectivity index (χ4n) is 4.08. The second-order valence-electron chi connectivity index (χ2n) is 8.22. The minimum Gasteiger partial charge on any atom is -0.494 e. The Kier molecular flexibility index (Phi) is 8.38. The number of hydrogen-bond acceptors (Lipinski definition) is 3. The average molecular weight is 400 g/mol. The van der Waals surface area contributed by atoms with Crippen molar-refractivity contribution in [2.45, 2.75) is 97.4 Å². The van der Waals surface area contributed by atoms with Crippen LogP contribution in [0.5, 0.6) is 5.75 Å². The Bertz CT molecular complexity index is 822. The van der Waals surface area contributed by atoms with Gasteiger partial charge in [-0.3, -0.25) is 0 Å². The van der Waals surface area contributed by atoms with Crippen molar-refractivity contribution in [3.63, 3.8) is 0 Å². The molecule has 1 aliphatic rings. The number of unbranched alkanes of at least 4 members (excludes halogenated alkanes) is 8. The van der Waals surface area contributed by atoms with Gasteiger partial charge in [0.05, 0.1) is 12.3 Å². The molecule has 29 heavy (non-hydrogen) atoms. The van der Waals surface area contributed by atoms with Gasteiger partial charge in [0.15, 0.2) is 0 Å². The molecular weight excluding hydrogens is 362 g/mol. The van der Waals surface area contributed by atoms with Crippen LogP contribution in [0, 0.1) is 0 Å². The van der Waals surface area contributed by atoms with Crippen LogP contribution < -0.4 is 10.4 Å². The first-order valence-electron chi connectivity index (χ1n) is 11.7. The van der Waals surface area contributed by atoms with Gasteiger partial charge in [0.2, 0.25) is 0 Å². The molecule has 2 heterocycles. The molecule has 0 bridgehead atoms. The zero-order valence-corrected chi connectivity index (χ0v) is 18.3.